The molecular formula is C18H21FN6. The number of nitrogens with zero attached hydrogens (tertiary/aromatic N) is 5. The highest BCUT2D eigenvalue weighted by molar-refractivity contribution is 5.79. The predicted molar refractivity (Wildman–Crippen MR) is 96.2 cm³/mol. The Morgan fingerprint density at radius 3 is 2.80 bits per heavy atom. The lowest BCUT2D eigenvalue weighted by atomic mass is 10.0. The highest BCUT2D eigenvalue weighted by Gasteiger charge is 2.16. The fraction of sp³-hybridized carbons (Fsp3) is 0.333. The molecule has 7 heteroatoms. The zero-order valence-electron chi connectivity index (χ0n) is 14.8. The fourth-order valence-corrected chi connectivity index (χ4v) is 2.51. The standard InChI is InChI=1S/C18H21FN6/c1-5-13(15-7-9-25-16(24-15)6-8-22-25)14-10-20-17(23-12(14)2)21-11-18(3,4)19/h5-10H,11H2,1-4H3,(H,20,21,23)/b13-5+. The highest BCUT2D eigenvalue weighted by atomic mass is 19.1. The molecule has 0 unspecified atom stereocenters. The van der Waals surface area contributed by atoms with E-state index in [-0.39, 0.29) is 6.54 Å². The van der Waals surface area contributed by atoms with Gasteiger partial charge >= 0.3 is 0 Å². The molecule has 3 rings (SSSR count). The van der Waals surface area contributed by atoms with Gasteiger partial charge in [-0.1, -0.05) is 6.08 Å². The van der Waals surface area contributed by atoms with E-state index in [1.165, 1.54) is 13.8 Å². The van der Waals surface area contributed by atoms with Crippen LogP contribution in [0.5, 0.6) is 0 Å². The number of hydrogen-bond acceptors (Lipinski definition) is 5. The Labute approximate surface area is 145 Å². The molecule has 25 heavy (non-hydrogen) atoms. The maximum atomic E-state index is 13.6. The maximum Gasteiger partial charge on any atom is 0.222 e. The van der Waals surface area contributed by atoms with Crippen LogP contribution in [-0.4, -0.2) is 36.8 Å². The minimum atomic E-state index is -1.32. The summed E-state index contributed by atoms with van der Waals surface area (Å²) < 4.78 is 15.3. The van der Waals surface area contributed by atoms with Crippen molar-refractivity contribution in [2.75, 3.05) is 11.9 Å². The number of aromatic nitrogens is 5. The number of aryl methyl sites for hydroxylation is 1. The van der Waals surface area contributed by atoms with Gasteiger partial charge in [0.15, 0.2) is 5.65 Å². The third-order valence-corrected chi connectivity index (χ3v) is 3.76. The molecule has 0 radical (unpaired) electrons. The Hall–Kier alpha value is -2.83. The number of alkyl halides is 1. The van der Waals surface area contributed by atoms with E-state index in [4.69, 9.17) is 0 Å². The van der Waals surface area contributed by atoms with Crippen LogP contribution in [0.15, 0.2) is 36.8 Å². The summed E-state index contributed by atoms with van der Waals surface area (Å²) in [5.41, 5.74) is 2.92. The summed E-state index contributed by atoms with van der Waals surface area (Å²) in [6, 6.07) is 3.76. The van der Waals surface area contributed by atoms with Crippen LogP contribution in [0.4, 0.5) is 10.3 Å². The topological polar surface area (TPSA) is 68.0 Å². The average Bonchev–Trinajstić information content (AvgIpc) is 3.02. The quantitative estimate of drug-likeness (QED) is 0.770. The van der Waals surface area contributed by atoms with E-state index in [9.17, 15) is 4.39 Å². The first kappa shape index (κ1) is 17.0. The van der Waals surface area contributed by atoms with E-state index < -0.39 is 5.67 Å². The van der Waals surface area contributed by atoms with Gasteiger partial charge in [0, 0.05) is 29.6 Å². The molecule has 3 aromatic heterocycles. The van der Waals surface area contributed by atoms with Crippen molar-refractivity contribution < 1.29 is 4.39 Å². The molecular weight excluding hydrogens is 319 g/mol. The number of fused-ring (bicyclic) bond motifs is 1. The summed E-state index contributed by atoms with van der Waals surface area (Å²) in [6.07, 6.45) is 7.31. The van der Waals surface area contributed by atoms with Crippen molar-refractivity contribution >= 4 is 17.2 Å². The second-order valence-electron chi connectivity index (χ2n) is 6.41. The minimum absolute atomic E-state index is 0.154. The molecule has 130 valence electrons. The molecule has 3 aromatic rings. The molecule has 0 saturated carbocycles. The van der Waals surface area contributed by atoms with Crippen LogP contribution < -0.4 is 5.32 Å². The molecule has 0 fully saturated rings. The number of halogens is 1. The molecule has 0 bridgehead atoms. The molecule has 6 nitrogen and oxygen atoms in total. The Bertz CT molecular complexity index is 923. The van der Waals surface area contributed by atoms with Gasteiger partial charge in [-0.25, -0.2) is 23.9 Å². The van der Waals surface area contributed by atoms with Crippen LogP contribution in [0.3, 0.4) is 0 Å². The molecule has 0 saturated heterocycles. The van der Waals surface area contributed by atoms with E-state index in [0.717, 1.165) is 28.2 Å². The molecule has 0 aromatic carbocycles. The summed E-state index contributed by atoms with van der Waals surface area (Å²) in [5, 5.41) is 7.08. The number of anilines is 1. The van der Waals surface area contributed by atoms with Crippen LogP contribution in [0.1, 0.15) is 37.7 Å². The second-order valence-corrected chi connectivity index (χ2v) is 6.41. The Kier molecular flexibility index (Phi) is 4.48. The van der Waals surface area contributed by atoms with Crippen LogP contribution >= 0.6 is 0 Å². The SMILES string of the molecule is C/C=C(/c1ccn2nccc2n1)c1cnc(NCC(C)(C)F)nc1C. The average molecular weight is 340 g/mol. The van der Waals surface area contributed by atoms with Gasteiger partial charge in [-0.15, -0.1) is 0 Å². The van der Waals surface area contributed by atoms with Crippen molar-refractivity contribution in [1.29, 1.82) is 0 Å². The zero-order chi connectivity index (χ0) is 18.0. The van der Waals surface area contributed by atoms with Gasteiger partial charge in [-0.3, -0.25) is 0 Å². The molecule has 3 heterocycles. The Balaban J connectivity index is 1.90. The maximum absolute atomic E-state index is 13.6. The summed E-state index contributed by atoms with van der Waals surface area (Å²) in [7, 11) is 0. The predicted octanol–water partition coefficient (Wildman–Crippen LogP) is 3.44. The smallest absolute Gasteiger partial charge is 0.222 e. The molecule has 0 spiro atoms. The summed E-state index contributed by atoms with van der Waals surface area (Å²) in [4.78, 5) is 13.4. The first-order valence-electron chi connectivity index (χ1n) is 8.11. The van der Waals surface area contributed by atoms with Crippen molar-refractivity contribution in [2.45, 2.75) is 33.4 Å². The van der Waals surface area contributed by atoms with E-state index in [2.05, 4.69) is 25.4 Å². The van der Waals surface area contributed by atoms with Gasteiger partial charge in [0.05, 0.1) is 24.1 Å². The van der Waals surface area contributed by atoms with Crippen molar-refractivity contribution in [3.63, 3.8) is 0 Å². The van der Waals surface area contributed by atoms with E-state index in [1.54, 1.807) is 16.9 Å². The molecule has 0 aliphatic rings. The fourth-order valence-electron chi connectivity index (χ4n) is 2.51. The molecule has 0 atom stereocenters. The van der Waals surface area contributed by atoms with E-state index in [1.807, 2.05) is 38.3 Å². The normalized spacial score (nSPS) is 12.6. The lowest BCUT2D eigenvalue weighted by Gasteiger charge is -2.16. The molecule has 1 N–H and O–H groups in total. The Morgan fingerprint density at radius 2 is 2.12 bits per heavy atom. The van der Waals surface area contributed by atoms with Crippen molar-refractivity contribution in [2.24, 2.45) is 0 Å². The number of hydrogen-bond donors (Lipinski definition) is 1. The first-order chi connectivity index (χ1) is 11.9. The molecule has 0 aliphatic heterocycles. The van der Waals surface area contributed by atoms with E-state index >= 15 is 0 Å². The van der Waals surface area contributed by atoms with E-state index in [0.29, 0.717) is 5.95 Å². The Morgan fingerprint density at radius 1 is 1.32 bits per heavy atom. The lowest BCUT2D eigenvalue weighted by Crippen LogP contribution is -2.25. The van der Waals surface area contributed by atoms with Gasteiger partial charge in [-0.2, -0.15) is 5.10 Å². The van der Waals surface area contributed by atoms with Crippen LogP contribution in [-0.2, 0) is 0 Å². The van der Waals surface area contributed by atoms with Crippen molar-refractivity contribution in [3.05, 3.63) is 53.8 Å². The first-order valence-corrected chi connectivity index (χ1v) is 8.11. The third kappa shape index (κ3) is 3.81. The van der Waals surface area contributed by atoms with Gasteiger partial charge < -0.3 is 5.32 Å². The van der Waals surface area contributed by atoms with Gasteiger partial charge in [0.25, 0.3) is 0 Å². The molecule has 0 amide bonds. The number of nitrogens with one attached hydrogen (secondary N) is 1. The minimum Gasteiger partial charge on any atom is -0.351 e. The number of rotatable bonds is 5. The van der Waals surface area contributed by atoms with Crippen LogP contribution in [0.2, 0.25) is 0 Å². The highest BCUT2D eigenvalue weighted by Crippen LogP contribution is 2.24. The van der Waals surface area contributed by atoms with Crippen LogP contribution in [0.25, 0.3) is 11.2 Å². The van der Waals surface area contributed by atoms with Gasteiger partial charge in [0.2, 0.25) is 5.95 Å². The lowest BCUT2D eigenvalue weighted by molar-refractivity contribution is 0.234. The summed E-state index contributed by atoms with van der Waals surface area (Å²) >= 11 is 0. The zero-order valence-corrected chi connectivity index (χ0v) is 14.8. The van der Waals surface area contributed by atoms with Gasteiger partial charge in [-0.05, 0) is 33.8 Å². The number of allylic oxidation sites excluding steroid dienone is 1. The van der Waals surface area contributed by atoms with Gasteiger partial charge in [0.1, 0.15) is 5.67 Å². The monoisotopic (exact) mass is 340 g/mol. The van der Waals surface area contributed by atoms with Crippen molar-refractivity contribution in [1.82, 2.24) is 24.6 Å². The van der Waals surface area contributed by atoms with Crippen LogP contribution in [0, 0.1) is 6.92 Å². The largest absolute Gasteiger partial charge is 0.351 e. The van der Waals surface area contributed by atoms with Crippen molar-refractivity contribution in [3.8, 4) is 0 Å². The molecule has 0 aliphatic carbocycles. The second kappa shape index (κ2) is 6.58. The summed E-state index contributed by atoms with van der Waals surface area (Å²) in [5.74, 6) is 0.418. The summed E-state index contributed by atoms with van der Waals surface area (Å²) in [6.45, 7) is 7.04. The third-order valence-electron chi connectivity index (χ3n) is 3.76.